The summed E-state index contributed by atoms with van der Waals surface area (Å²) in [5, 5.41) is 6.08. The molecule has 294 valence electrons. The number of unbranched alkanes of at least 4 members (excludes halogenated alkanes) is 12. The van der Waals surface area contributed by atoms with Crippen molar-refractivity contribution < 1.29 is 19.2 Å². The molecular weight excluding hydrogens is 689 g/mol. The van der Waals surface area contributed by atoms with Crippen molar-refractivity contribution in [3.8, 4) is 0 Å². The SMILES string of the molecule is C=CCC=CN(C)C(=O)CCCCCCCCC=C[C@H](CSSC[C@@H](C=CCCCCCCCCC(=O)N(C)C=CCC=C)NC(C)=O)NC(C)=O. The van der Waals surface area contributed by atoms with E-state index in [-0.39, 0.29) is 35.7 Å². The van der Waals surface area contributed by atoms with E-state index in [1.807, 2.05) is 36.7 Å². The Labute approximate surface area is 324 Å². The molecule has 0 spiro atoms. The van der Waals surface area contributed by atoms with E-state index in [1.165, 1.54) is 12.8 Å². The van der Waals surface area contributed by atoms with Crippen molar-refractivity contribution in [2.24, 2.45) is 0 Å². The lowest BCUT2D eigenvalue weighted by Crippen LogP contribution is -2.34. The fourth-order valence-corrected chi connectivity index (χ4v) is 7.55. The van der Waals surface area contributed by atoms with Crippen LogP contribution >= 0.6 is 21.6 Å². The molecular formula is C42H70N4O4S2. The van der Waals surface area contributed by atoms with Gasteiger partial charge in [-0.1, -0.05) is 122 Å². The lowest BCUT2D eigenvalue weighted by atomic mass is 10.1. The van der Waals surface area contributed by atoms with Crippen LogP contribution < -0.4 is 10.6 Å². The van der Waals surface area contributed by atoms with Crippen LogP contribution in [0.1, 0.15) is 129 Å². The average molecular weight is 759 g/mol. The zero-order valence-corrected chi connectivity index (χ0v) is 34.5. The second kappa shape index (κ2) is 35.1. The summed E-state index contributed by atoms with van der Waals surface area (Å²) in [6.45, 7) is 10.5. The van der Waals surface area contributed by atoms with E-state index in [2.05, 4.69) is 48.1 Å². The summed E-state index contributed by atoms with van der Waals surface area (Å²) in [5.74, 6) is 1.75. The van der Waals surface area contributed by atoms with Gasteiger partial charge in [-0.25, -0.2) is 0 Å². The third-order valence-corrected chi connectivity index (χ3v) is 10.6. The van der Waals surface area contributed by atoms with Crippen LogP contribution in [0, 0.1) is 0 Å². The normalized spacial score (nSPS) is 12.8. The highest BCUT2D eigenvalue weighted by Crippen LogP contribution is 2.24. The molecule has 2 atom stereocenters. The standard InChI is InChI=1S/C42H70N4O4S2/c1-7-9-27-33-45(5)41(49)31-25-21-17-13-11-15-19-23-29-39(43-37(3)47)35-51-52-36-40(44-38(4)48)30-24-20-16-12-14-18-22-26-32-42(50)46(6)34-28-10-8-2/h7-8,23-24,27-30,33-34,39-40H,1-2,9-22,25-26,31-32,35-36H2,3-6H3,(H,43,47)(H,44,48)/t39-,40-/m1/s1. The van der Waals surface area contributed by atoms with Crippen LogP contribution in [0.2, 0.25) is 0 Å². The van der Waals surface area contributed by atoms with Crippen molar-refractivity contribution >= 4 is 45.2 Å². The van der Waals surface area contributed by atoms with Gasteiger partial charge in [0.25, 0.3) is 0 Å². The zero-order valence-electron chi connectivity index (χ0n) is 32.8. The molecule has 0 aromatic carbocycles. The molecule has 0 heterocycles. The number of allylic oxidation sites excluding steroid dienone is 6. The first-order chi connectivity index (χ1) is 25.1. The predicted octanol–water partition coefficient (Wildman–Crippen LogP) is 9.83. The van der Waals surface area contributed by atoms with Crippen LogP contribution in [0.5, 0.6) is 0 Å². The quantitative estimate of drug-likeness (QED) is 0.0393. The van der Waals surface area contributed by atoms with E-state index in [9.17, 15) is 19.2 Å². The largest absolute Gasteiger partial charge is 0.349 e. The first-order valence-electron chi connectivity index (χ1n) is 19.3. The Morgan fingerprint density at radius 3 is 1.25 bits per heavy atom. The van der Waals surface area contributed by atoms with Gasteiger partial charge in [-0.15, -0.1) is 13.2 Å². The van der Waals surface area contributed by atoms with E-state index in [1.54, 1.807) is 59.3 Å². The molecule has 4 amide bonds. The number of hydrogen-bond donors (Lipinski definition) is 2. The molecule has 0 unspecified atom stereocenters. The lowest BCUT2D eigenvalue weighted by molar-refractivity contribution is -0.128. The van der Waals surface area contributed by atoms with Gasteiger partial charge >= 0.3 is 0 Å². The fraction of sp³-hybridized carbons (Fsp3) is 0.619. The van der Waals surface area contributed by atoms with E-state index in [0.717, 1.165) is 101 Å². The fourth-order valence-electron chi connectivity index (χ4n) is 5.22. The van der Waals surface area contributed by atoms with Gasteiger partial charge in [0.05, 0.1) is 12.1 Å². The first kappa shape index (κ1) is 49.0. The summed E-state index contributed by atoms with van der Waals surface area (Å²) in [6.07, 6.45) is 37.5. The van der Waals surface area contributed by atoms with Crippen LogP contribution in [0.3, 0.4) is 0 Å². The minimum absolute atomic E-state index is 0.0292. The number of hydrogen-bond acceptors (Lipinski definition) is 6. The molecule has 0 saturated carbocycles. The Balaban J connectivity index is 4.22. The van der Waals surface area contributed by atoms with Gasteiger partial charge in [-0.3, -0.25) is 19.2 Å². The third-order valence-electron chi connectivity index (χ3n) is 8.17. The number of carbonyl (C=O) groups excluding carboxylic acids is 4. The van der Waals surface area contributed by atoms with Crippen molar-refractivity contribution in [1.82, 2.24) is 20.4 Å². The second-order valence-electron chi connectivity index (χ2n) is 13.2. The van der Waals surface area contributed by atoms with Crippen LogP contribution in [0.25, 0.3) is 0 Å². The van der Waals surface area contributed by atoms with E-state index >= 15 is 0 Å². The molecule has 0 aliphatic carbocycles. The van der Waals surface area contributed by atoms with Crippen LogP contribution in [0.4, 0.5) is 0 Å². The van der Waals surface area contributed by atoms with Gasteiger partial charge in [-0.05, 0) is 51.4 Å². The monoisotopic (exact) mass is 758 g/mol. The third kappa shape index (κ3) is 31.7. The van der Waals surface area contributed by atoms with Crippen molar-refractivity contribution in [2.75, 3.05) is 25.6 Å². The minimum Gasteiger partial charge on any atom is -0.349 e. The van der Waals surface area contributed by atoms with Gasteiger partial charge in [0.1, 0.15) is 0 Å². The number of nitrogens with zero attached hydrogens (tertiary/aromatic N) is 2. The molecule has 8 nitrogen and oxygen atoms in total. The molecule has 0 aromatic heterocycles. The highest BCUT2D eigenvalue weighted by molar-refractivity contribution is 8.76. The maximum Gasteiger partial charge on any atom is 0.226 e. The Morgan fingerprint density at radius 2 is 0.904 bits per heavy atom. The number of carbonyl (C=O) groups is 4. The molecule has 0 bridgehead atoms. The number of rotatable bonds is 33. The van der Waals surface area contributed by atoms with Crippen molar-refractivity contribution in [3.05, 3.63) is 74.2 Å². The Hall–Kier alpha value is -2.98. The molecule has 0 rings (SSSR count). The second-order valence-corrected chi connectivity index (χ2v) is 15.7. The van der Waals surface area contributed by atoms with Crippen molar-refractivity contribution in [3.63, 3.8) is 0 Å². The molecule has 0 saturated heterocycles. The predicted molar refractivity (Wildman–Crippen MR) is 226 cm³/mol. The topological polar surface area (TPSA) is 98.8 Å². The maximum absolute atomic E-state index is 12.1. The van der Waals surface area contributed by atoms with Crippen molar-refractivity contribution in [1.29, 1.82) is 0 Å². The number of amides is 4. The smallest absolute Gasteiger partial charge is 0.226 e. The molecule has 0 fully saturated rings. The van der Waals surface area contributed by atoms with Gasteiger partial charge in [0.15, 0.2) is 0 Å². The molecule has 2 N–H and O–H groups in total. The molecule has 52 heavy (non-hydrogen) atoms. The minimum atomic E-state index is -0.0390. The van der Waals surface area contributed by atoms with Gasteiger partial charge in [0, 0.05) is 64.7 Å². The maximum atomic E-state index is 12.1. The molecule has 10 heteroatoms. The van der Waals surface area contributed by atoms with Gasteiger partial charge < -0.3 is 20.4 Å². The Bertz CT molecular complexity index is 1040. The van der Waals surface area contributed by atoms with E-state index in [4.69, 9.17) is 0 Å². The highest BCUT2D eigenvalue weighted by atomic mass is 33.1. The Morgan fingerprint density at radius 1 is 0.558 bits per heavy atom. The summed E-state index contributed by atoms with van der Waals surface area (Å²) < 4.78 is 0. The van der Waals surface area contributed by atoms with Gasteiger partial charge in [-0.2, -0.15) is 0 Å². The van der Waals surface area contributed by atoms with E-state index < -0.39 is 0 Å². The zero-order chi connectivity index (χ0) is 38.7. The average Bonchev–Trinajstić information content (AvgIpc) is 3.10. The van der Waals surface area contributed by atoms with Crippen LogP contribution in [-0.2, 0) is 19.2 Å². The molecule has 0 aliphatic rings. The summed E-state index contributed by atoms with van der Waals surface area (Å²) >= 11 is 0. The van der Waals surface area contributed by atoms with Gasteiger partial charge in [0.2, 0.25) is 23.6 Å². The first-order valence-corrected chi connectivity index (χ1v) is 21.8. The number of nitrogens with one attached hydrogen (secondary N) is 2. The summed E-state index contributed by atoms with van der Waals surface area (Å²) in [6, 6.07) is -0.0585. The van der Waals surface area contributed by atoms with Crippen molar-refractivity contribution in [2.45, 2.75) is 142 Å². The van der Waals surface area contributed by atoms with Crippen LogP contribution in [0.15, 0.2) is 74.2 Å². The molecule has 0 aliphatic heterocycles. The summed E-state index contributed by atoms with van der Waals surface area (Å²) in [5.41, 5.74) is 0. The van der Waals surface area contributed by atoms with E-state index in [0.29, 0.717) is 12.8 Å². The van der Waals surface area contributed by atoms with Crippen LogP contribution in [-0.4, -0.2) is 71.1 Å². The summed E-state index contributed by atoms with van der Waals surface area (Å²) in [7, 11) is 7.03. The highest BCUT2D eigenvalue weighted by Gasteiger charge is 2.10. The Kier molecular flexibility index (Phi) is 33.1. The molecule has 0 radical (unpaired) electrons. The molecule has 0 aromatic rings. The summed E-state index contributed by atoms with van der Waals surface area (Å²) in [4.78, 5) is 51.2. The lowest BCUT2D eigenvalue weighted by Gasteiger charge is -2.16.